The van der Waals surface area contributed by atoms with Crippen LogP contribution < -0.4 is 10.3 Å². The molecule has 0 aliphatic carbocycles. The Hall–Kier alpha value is -2.38. The summed E-state index contributed by atoms with van der Waals surface area (Å²) >= 11 is 1.52. The van der Waals surface area contributed by atoms with Crippen LogP contribution in [0.25, 0.3) is 11.0 Å². The zero-order chi connectivity index (χ0) is 19.3. The molecule has 0 amide bonds. The number of aryl methyl sites for hydroxylation is 1. The van der Waals surface area contributed by atoms with E-state index in [1.54, 1.807) is 22.9 Å². The van der Waals surface area contributed by atoms with Crippen molar-refractivity contribution in [3.8, 4) is 5.75 Å². The predicted molar refractivity (Wildman–Crippen MR) is 110 cm³/mol. The number of ether oxygens (including phenoxy) is 2. The van der Waals surface area contributed by atoms with E-state index in [1.165, 1.54) is 11.8 Å². The summed E-state index contributed by atoms with van der Waals surface area (Å²) in [6.07, 6.45) is 3.73. The topological polar surface area (TPSA) is 66.2 Å². The van der Waals surface area contributed by atoms with Crippen molar-refractivity contribution in [1.29, 1.82) is 0 Å². The maximum atomic E-state index is 13.0. The summed E-state index contributed by atoms with van der Waals surface area (Å²) in [5, 5.41) is 1.21. The van der Waals surface area contributed by atoms with Crippen LogP contribution in [0, 0.1) is 6.92 Å². The summed E-state index contributed by atoms with van der Waals surface area (Å²) < 4.78 is 13.3. The van der Waals surface area contributed by atoms with Crippen LogP contribution in [0.2, 0.25) is 0 Å². The normalized spacial score (nSPS) is 16.5. The van der Waals surface area contributed by atoms with Gasteiger partial charge in [0.05, 0.1) is 24.6 Å². The number of aromatic nitrogens is 3. The smallest absolute Gasteiger partial charge is 0.263 e. The number of hydrogen-bond donors (Lipinski definition) is 0. The molecule has 0 bridgehead atoms. The highest BCUT2D eigenvalue weighted by molar-refractivity contribution is 7.99. The molecule has 1 fully saturated rings. The molecule has 3 heterocycles. The molecule has 2 aromatic heterocycles. The standard InChI is InChI=1S/C21H23N3O3S/c1-15-6-2-3-9-18(15)27-12-13-28-21-23-19-17(8-4-10-22-19)20(25)24(21)14-16-7-5-11-26-16/h2-4,6,8-10,16H,5,7,11-14H2,1H3. The molecule has 0 saturated carbocycles. The largest absolute Gasteiger partial charge is 0.492 e. The van der Waals surface area contributed by atoms with Crippen LogP contribution in [0.3, 0.4) is 0 Å². The van der Waals surface area contributed by atoms with Gasteiger partial charge < -0.3 is 9.47 Å². The first-order chi connectivity index (χ1) is 13.7. The van der Waals surface area contributed by atoms with Gasteiger partial charge in [-0.25, -0.2) is 9.97 Å². The monoisotopic (exact) mass is 397 g/mol. The number of thioether (sulfide) groups is 1. The number of para-hydroxylation sites is 1. The van der Waals surface area contributed by atoms with Crippen LogP contribution in [0.5, 0.6) is 5.75 Å². The third-order valence-corrected chi connectivity index (χ3v) is 5.71. The molecule has 1 saturated heterocycles. The van der Waals surface area contributed by atoms with Gasteiger partial charge in [0, 0.05) is 18.6 Å². The molecule has 6 nitrogen and oxygen atoms in total. The van der Waals surface area contributed by atoms with Crippen molar-refractivity contribution in [3.63, 3.8) is 0 Å². The molecular formula is C21H23N3O3S. The molecule has 1 unspecified atom stereocenters. The molecule has 4 rings (SSSR count). The fraction of sp³-hybridized carbons (Fsp3) is 0.381. The quantitative estimate of drug-likeness (QED) is 0.346. The van der Waals surface area contributed by atoms with Crippen molar-refractivity contribution < 1.29 is 9.47 Å². The summed E-state index contributed by atoms with van der Waals surface area (Å²) in [7, 11) is 0. The second-order valence-corrected chi connectivity index (χ2v) is 7.84. The molecule has 7 heteroatoms. The third kappa shape index (κ3) is 4.20. The molecule has 1 aromatic carbocycles. The van der Waals surface area contributed by atoms with E-state index in [2.05, 4.69) is 9.97 Å². The van der Waals surface area contributed by atoms with Crippen molar-refractivity contribution in [1.82, 2.24) is 14.5 Å². The van der Waals surface area contributed by atoms with Gasteiger partial charge in [-0.1, -0.05) is 30.0 Å². The Morgan fingerprint density at radius 3 is 3.00 bits per heavy atom. The Bertz CT molecular complexity index is 1020. The van der Waals surface area contributed by atoms with E-state index in [9.17, 15) is 4.79 Å². The average molecular weight is 398 g/mol. The van der Waals surface area contributed by atoms with E-state index in [0.717, 1.165) is 30.8 Å². The van der Waals surface area contributed by atoms with E-state index >= 15 is 0 Å². The Morgan fingerprint density at radius 1 is 1.29 bits per heavy atom. The lowest BCUT2D eigenvalue weighted by atomic mass is 10.2. The van der Waals surface area contributed by atoms with Crippen LogP contribution >= 0.6 is 11.8 Å². The minimum absolute atomic E-state index is 0.0593. The van der Waals surface area contributed by atoms with Gasteiger partial charge in [0.2, 0.25) is 0 Å². The number of fused-ring (bicyclic) bond motifs is 1. The summed E-state index contributed by atoms with van der Waals surface area (Å²) in [4.78, 5) is 21.9. The first-order valence-corrected chi connectivity index (χ1v) is 10.5. The molecule has 0 spiro atoms. The highest BCUT2D eigenvalue weighted by atomic mass is 32.2. The summed E-state index contributed by atoms with van der Waals surface area (Å²) in [6.45, 7) is 3.84. The maximum absolute atomic E-state index is 13.0. The molecule has 1 aliphatic rings. The van der Waals surface area contributed by atoms with Crippen molar-refractivity contribution in [2.24, 2.45) is 0 Å². The van der Waals surface area contributed by atoms with Crippen LogP contribution in [0.15, 0.2) is 52.5 Å². The van der Waals surface area contributed by atoms with E-state index in [-0.39, 0.29) is 11.7 Å². The molecule has 3 aromatic rings. The summed E-state index contributed by atoms with van der Waals surface area (Å²) in [5.74, 6) is 1.57. The Balaban J connectivity index is 1.52. The lowest BCUT2D eigenvalue weighted by molar-refractivity contribution is 0.0937. The van der Waals surface area contributed by atoms with Crippen LogP contribution in [0.1, 0.15) is 18.4 Å². The van der Waals surface area contributed by atoms with E-state index in [1.807, 2.05) is 31.2 Å². The molecule has 146 valence electrons. The number of rotatable bonds is 7. The first-order valence-electron chi connectivity index (χ1n) is 9.51. The molecular weight excluding hydrogens is 374 g/mol. The second-order valence-electron chi connectivity index (χ2n) is 6.78. The fourth-order valence-corrected chi connectivity index (χ4v) is 4.12. The number of nitrogens with zero attached hydrogens (tertiary/aromatic N) is 3. The van der Waals surface area contributed by atoms with E-state index < -0.39 is 0 Å². The van der Waals surface area contributed by atoms with Crippen molar-refractivity contribution in [2.45, 2.75) is 37.6 Å². The molecule has 28 heavy (non-hydrogen) atoms. The second kappa shape index (κ2) is 8.75. The minimum atomic E-state index is -0.0593. The first kappa shape index (κ1) is 19.0. The molecule has 1 atom stereocenters. The number of pyridine rings is 1. The van der Waals surface area contributed by atoms with Gasteiger partial charge >= 0.3 is 0 Å². The van der Waals surface area contributed by atoms with Gasteiger partial charge in [-0.15, -0.1) is 0 Å². The van der Waals surface area contributed by atoms with Gasteiger partial charge in [0.15, 0.2) is 10.8 Å². The lowest BCUT2D eigenvalue weighted by Crippen LogP contribution is -2.29. The Labute approximate surface area is 167 Å². The number of hydrogen-bond acceptors (Lipinski definition) is 6. The van der Waals surface area contributed by atoms with Gasteiger partial charge in [0.25, 0.3) is 5.56 Å². The summed E-state index contributed by atoms with van der Waals surface area (Å²) in [6, 6.07) is 11.5. The van der Waals surface area contributed by atoms with Crippen molar-refractivity contribution in [2.75, 3.05) is 19.0 Å². The third-order valence-electron chi connectivity index (χ3n) is 4.77. The zero-order valence-corrected chi connectivity index (χ0v) is 16.7. The molecule has 0 radical (unpaired) electrons. The van der Waals surface area contributed by atoms with Gasteiger partial charge in [-0.3, -0.25) is 9.36 Å². The molecule has 1 aliphatic heterocycles. The minimum Gasteiger partial charge on any atom is -0.492 e. The Kier molecular flexibility index (Phi) is 5.92. The van der Waals surface area contributed by atoms with Crippen LogP contribution in [0.4, 0.5) is 0 Å². The van der Waals surface area contributed by atoms with Gasteiger partial charge in [-0.2, -0.15) is 0 Å². The highest BCUT2D eigenvalue weighted by Crippen LogP contribution is 2.21. The highest BCUT2D eigenvalue weighted by Gasteiger charge is 2.20. The predicted octanol–water partition coefficient (Wildman–Crippen LogP) is 3.45. The van der Waals surface area contributed by atoms with Crippen LogP contribution in [-0.4, -0.2) is 39.6 Å². The summed E-state index contributed by atoms with van der Waals surface area (Å²) in [5.41, 5.74) is 1.53. The molecule has 0 N–H and O–H groups in total. The lowest BCUT2D eigenvalue weighted by Gasteiger charge is -2.16. The van der Waals surface area contributed by atoms with Crippen molar-refractivity contribution in [3.05, 3.63) is 58.5 Å². The van der Waals surface area contributed by atoms with E-state index in [0.29, 0.717) is 35.1 Å². The van der Waals surface area contributed by atoms with Crippen LogP contribution in [-0.2, 0) is 11.3 Å². The zero-order valence-electron chi connectivity index (χ0n) is 15.8. The Morgan fingerprint density at radius 2 is 2.18 bits per heavy atom. The van der Waals surface area contributed by atoms with E-state index in [4.69, 9.17) is 9.47 Å². The SMILES string of the molecule is Cc1ccccc1OCCSc1nc2ncccc2c(=O)n1CC1CCCO1. The fourth-order valence-electron chi connectivity index (χ4n) is 3.30. The van der Waals surface area contributed by atoms with Crippen molar-refractivity contribution >= 4 is 22.8 Å². The average Bonchev–Trinajstić information content (AvgIpc) is 3.22. The van der Waals surface area contributed by atoms with Gasteiger partial charge in [-0.05, 0) is 43.5 Å². The number of benzene rings is 1. The van der Waals surface area contributed by atoms with Gasteiger partial charge in [0.1, 0.15) is 5.75 Å². The maximum Gasteiger partial charge on any atom is 0.263 e.